The Morgan fingerprint density at radius 3 is 2.55 bits per heavy atom. The van der Waals surface area contributed by atoms with Gasteiger partial charge in [-0.05, 0) is 12.1 Å². The van der Waals surface area contributed by atoms with Crippen LogP contribution in [0.25, 0.3) is 0 Å². The van der Waals surface area contributed by atoms with Gasteiger partial charge in [0.25, 0.3) is 0 Å². The lowest BCUT2D eigenvalue weighted by atomic mass is 10.0. The van der Waals surface area contributed by atoms with Gasteiger partial charge in [-0.15, -0.1) is 0 Å². The average Bonchev–Trinajstić information content (AvgIpc) is 2.38. The highest BCUT2D eigenvalue weighted by Crippen LogP contribution is 2.22. The predicted molar refractivity (Wildman–Crippen MR) is 78.1 cm³/mol. The van der Waals surface area contributed by atoms with Crippen molar-refractivity contribution in [1.29, 1.82) is 5.41 Å². The molecule has 0 aliphatic rings. The molecule has 1 amide bonds. The van der Waals surface area contributed by atoms with E-state index in [2.05, 4.69) is 15.3 Å². The van der Waals surface area contributed by atoms with Gasteiger partial charge in [0.1, 0.15) is 18.0 Å². The number of nitrogens with zero attached hydrogens (tertiary/aromatic N) is 2. The summed E-state index contributed by atoms with van der Waals surface area (Å²) >= 11 is 5.82. The summed E-state index contributed by atoms with van der Waals surface area (Å²) in [7, 11) is 0. The van der Waals surface area contributed by atoms with Crippen LogP contribution >= 0.6 is 11.6 Å². The van der Waals surface area contributed by atoms with Gasteiger partial charge in [0.15, 0.2) is 0 Å². The molecule has 0 saturated carbocycles. The molecule has 7 heteroatoms. The van der Waals surface area contributed by atoms with Crippen LogP contribution in [-0.2, 0) is 4.79 Å². The Balaban J connectivity index is 2.48. The van der Waals surface area contributed by atoms with Gasteiger partial charge in [-0.2, -0.15) is 0 Å². The summed E-state index contributed by atoms with van der Waals surface area (Å²) in [5.41, 5.74) is 6.79. The number of aromatic nitrogens is 2. The van der Waals surface area contributed by atoms with Crippen LogP contribution in [-0.4, -0.2) is 21.6 Å². The summed E-state index contributed by atoms with van der Waals surface area (Å²) in [5, 5.41) is 11.3. The molecule has 2 rings (SSSR count). The first-order valence-corrected chi connectivity index (χ1v) is 6.09. The fraction of sp³-hybridized carbons (Fsp3) is 0.0769. The minimum absolute atomic E-state index is 0.114. The molecule has 20 heavy (non-hydrogen) atoms. The van der Waals surface area contributed by atoms with Crippen molar-refractivity contribution >= 4 is 34.9 Å². The average molecular weight is 290 g/mol. The number of hydrogen-bond acceptors (Lipinski definition) is 5. The second-order valence-corrected chi connectivity index (χ2v) is 4.48. The number of anilines is 2. The standard InChI is InChI=1S/C13H12ClN5O/c1-7(20)19-13-10(12(16)17-6-18-13)11(15)8-2-4-9(14)5-3-8/h2-6,15H,1H3,(H3,16,17,18,19,20). The van der Waals surface area contributed by atoms with Gasteiger partial charge in [0.05, 0.1) is 11.3 Å². The molecular formula is C13H12ClN5O. The van der Waals surface area contributed by atoms with E-state index in [-0.39, 0.29) is 28.8 Å². The summed E-state index contributed by atoms with van der Waals surface area (Å²) in [6.07, 6.45) is 1.24. The van der Waals surface area contributed by atoms with Crippen molar-refractivity contribution in [1.82, 2.24) is 9.97 Å². The molecule has 1 heterocycles. The number of rotatable bonds is 3. The molecule has 0 saturated heterocycles. The maximum atomic E-state index is 11.2. The number of carbonyl (C=O) groups is 1. The van der Waals surface area contributed by atoms with Crippen molar-refractivity contribution in [3.8, 4) is 0 Å². The second-order valence-electron chi connectivity index (χ2n) is 4.05. The van der Waals surface area contributed by atoms with E-state index in [4.69, 9.17) is 22.7 Å². The highest BCUT2D eigenvalue weighted by atomic mass is 35.5. The maximum absolute atomic E-state index is 11.2. The van der Waals surface area contributed by atoms with Crippen molar-refractivity contribution in [3.05, 3.63) is 46.7 Å². The zero-order valence-electron chi connectivity index (χ0n) is 10.6. The summed E-state index contributed by atoms with van der Waals surface area (Å²) in [6, 6.07) is 6.72. The first kappa shape index (κ1) is 14.0. The van der Waals surface area contributed by atoms with Gasteiger partial charge in [0, 0.05) is 17.5 Å². The van der Waals surface area contributed by atoms with Gasteiger partial charge >= 0.3 is 0 Å². The van der Waals surface area contributed by atoms with E-state index in [0.29, 0.717) is 10.6 Å². The van der Waals surface area contributed by atoms with Crippen molar-refractivity contribution in [2.45, 2.75) is 6.92 Å². The summed E-state index contributed by atoms with van der Waals surface area (Å²) < 4.78 is 0. The molecule has 0 aliphatic heterocycles. The number of benzene rings is 1. The SMILES string of the molecule is CC(=O)Nc1ncnc(N)c1C(=N)c1ccc(Cl)cc1. The number of hydrogen-bond donors (Lipinski definition) is 3. The third-order valence-electron chi connectivity index (χ3n) is 2.55. The van der Waals surface area contributed by atoms with E-state index in [0.717, 1.165) is 0 Å². The monoisotopic (exact) mass is 289 g/mol. The fourth-order valence-corrected chi connectivity index (χ4v) is 1.79. The molecule has 0 unspecified atom stereocenters. The number of nitrogens with one attached hydrogen (secondary N) is 2. The quantitative estimate of drug-likeness (QED) is 0.752. The maximum Gasteiger partial charge on any atom is 0.222 e. The molecule has 6 nitrogen and oxygen atoms in total. The van der Waals surface area contributed by atoms with Crippen molar-refractivity contribution < 1.29 is 4.79 Å². The van der Waals surface area contributed by atoms with E-state index in [9.17, 15) is 4.79 Å². The molecule has 4 N–H and O–H groups in total. The van der Waals surface area contributed by atoms with Gasteiger partial charge in [-0.1, -0.05) is 23.7 Å². The first-order valence-electron chi connectivity index (χ1n) is 5.72. The Labute approximate surface area is 120 Å². The van der Waals surface area contributed by atoms with Crippen molar-refractivity contribution in [2.24, 2.45) is 0 Å². The fourth-order valence-electron chi connectivity index (χ4n) is 1.67. The molecule has 2 aromatic rings. The number of amides is 1. The minimum Gasteiger partial charge on any atom is -0.383 e. The number of nitrogen functional groups attached to an aromatic ring is 1. The Bertz CT molecular complexity index is 669. The van der Waals surface area contributed by atoms with Gasteiger partial charge in [-0.3, -0.25) is 10.2 Å². The third-order valence-corrected chi connectivity index (χ3v) is 2.81. The minimum atomic E-state index is -0.298. The van der Waals surface area contributed by atoms with Crippen LogP contribution in [0.3, 0.4) is 0 Å². The lowest BCUT2D eigenvalue weighted by Crippen LogP contribution is -2.16. The Kier molecular flexibility index (Phi) is 3.95. The van der Waals surface area contributed by atoms with Crippen LogP contribution in [0.4, 0.5) is 11.6 Å². The molecule has 0 radical (unpaired) electrons. The smallest absolute Gasteiger partial charge is 0.222 e. The van der Waals surface area contributed by atoms with Gasteiger partial charge in [0.2, 0.25) is 5.91 Å². The zero-order valence-corrected chi connectivity index (χ0v) is 11.4. The van der Waals surface area contributed by atoms with Crippen LogP contribution in [0, 0.1) is 5.41 Å². The van der Waals surface area contributed by atoms with Crippen LogP contribution in [0.1, 0.15) is 18.1 Å². The second kappa shape index (κ2) is 5.66. The van der Waals surface area contributed by atoms with Crippen LogP contribution in [0.5, 0.6) is 0 Å². The highest BCUT2D eigenvalue weighted by Gasteiger charge is 2.16. The van der Waals surface area contributed by atoms with Crippen LogP contribution in [0.15, 0.2) is 30.6 Å². The molecular weight excluding hydrogens is 278 g/mol. The topological polar surface area (TPSA) is 105 Å². The first-order chi connectivity index (χ1) is 9.49. The highest BCUT2D eigenvalue weighted by molar-refractivity contribution is 6.30. The van der Waals surface area contributed by atoms with Gasteiger partial charge in [-0.25, -0.2) is 9.97 Å². The van der Waals surface area contributed by atoms with Gasteiger partial charge < -0.3 is 11.1 Å². The molecule has 0 spiro atoms. The summed E-state index contributed by atoms with van der Waals surface area (Å²) in [6.45, 7) is 1.36. The van der Waals surface area contributed by atoms with E-state index in [1.54, 1.807) is 24.3 Å². The summed E-state index contributed by atoms with van der Waals surface area (Å²) in [4.78, 5) is 19.0. The summed E-state index contributed by atoms with van der Waals surface area (Å²) in [5.74, 6) is 0.0434. The van der Waals surface area contributed by atoms with E-state index in [1.807, 2.05) is 0 Å². The number of nitrogens with two attached hydrogens (primary N) is 1. The molecule has 0 fully saturated rings. The van der Waals surface area contributed by atoms with Crippen molar-refractivity contribution in [3.63, 3.8) is 0 Å². The van der Waals surface area contributed by atoms with E-state index in [1.165, 1.54) is 13.3 Å². The Morgan fingerprint density at radius 1 is 1.30 bits per heavy atom. The number of halogens is 1. The molecule has 0 atom stereocenters. The molecule has 0 bridgehead atoms. The van der Waals surface area contributed by atoms with E-state index >= 15 is 0 Å². The molecule has 1 aromatic carbocycles. The lowest BCUT2D eigenvalue weighted by molar-refractivity contribution is -0.114. The van der Waals surface area contributed by atoms with Crippen molar-refractivity contribution in [2.75, 3.05) is 11.1 Å². The van der Waals surface area contributed by atoms with Crippen LogP contribution in [0.2, 0.25) is 5.02 Å². The largest absolute Gasteiger partial charge is 0.383 e. The van der Waals surface area contributed by atoms with E-state index < -0.39 is 0 Å². The van der Waals surface area contributed by atoms with Crippen LogP contribution < -0.4 is 11.1 Å². The molecule has 1 aromatic heterocycles. The normalized spacial score (nSPS) is 10.1. The Morgan fingerprint density at radius 2 is 1.95 bits per heavy atom. The molecule has 0 aliphatic carbocycles. The predicted octanol–water partition coefficient (Wildman–Crippen LogP) is 2.09. The third kappa shape index (κ3) is 2.92. The molecule has 102 valence electrons. The lowest BCUT2D eigenvalue weighted by Gasteiger charge is -2.11. The zero-order chi connectivity index (χ0) is 14.7. The number of carbonyl (C=O) groups excluding carboxylic acids is 1. The Hall–Kier alpha value is -2.47.